The normalized spacial score (nSPS) is 14.3. The van der Waals surface area contributed by atoms with E-state index in [2.05, 4.69) is 20.7 Å². The van der Waals surface area contributed by atoms with Gasteiger partial charge in [-0.3, -0.25) is 0 Å². The highest BCUT2D eigenvalue weighted by Gasteiger charge is 2.27. The van der Waals surface area contributed by atoms with Crippen LogP contribution in [0.2, 0.25) is 0 Å². The number of ether oxygens (including phenoxy) is 2. The molecule has 112 valence electrons. The first-order chi connectivity index (χ1) is 9.83. The number of anilines is 2. The maximum absolute atomic E-state index is 5.43. The summed E-state index contributed by atoms with van der Waals surface area (Å²) >= 11 is 0. The Hall–Kier alpha value is -1.44. The number of rotatable bonds is 10. The van der Waals surface area contributed by atoms with Gasteiger partial charge in [0.15, 0.2) is 0 Å². The van der Waals surface area contributed by atoms with Crippen molar-refractivity contribution in [3.05, 3.63) is 11.9 Å². The second-order valence-corrected chi connectivity index (χ2v) is 4.80. The fourth-order valence-electron chi connectivity index (χ4n) is 1.79. The Morgan fingerprint density at radius 2 is 2.05 bits per heavy atom. The maximum Gasteiger partial charge on any atom is 0.145 e. The molecule has 7 heteroatoms. The quantitative estimate of drug-likeness (QED) is 0.336. The zero-order valence-electron chi connectivity index (χ0n) is 11.9. The monoisotopic (exact) mass is 281 g/mol. The van der Waals surface area contributed by atoms with E-state index >= 15 is 0 Å². The predicted octanol–water partition coefficient (Wildman–Crippen LogP) is 1.10. The minimum Gasteiger partial charge on any atom is -0.382 e. The first kappa shape index (κ1) is 15.0. The van der Waals surface area contributed by atoms with Crippen LogP contribution in [-0.4, -0.2) is 43.4 Å². The SMILES string of the molecule is COCCOCCCNc1cc(NN)nc(C2CC2)n1. The van der Waals surface area contributed by atoms with E-state index in [4.69, 9.17) is 15.3 Å². The van der Waals surface area contributed by atoms with Gasteiger partial charge >= 0.3 is 0 Å². The van der Waals surface area contributed by atoms with Gasteiger partial charge in [0.25, 0.3) is 0 Å². The summed E-state index contributed by atoms with van der Waals surface area (Å²) in [7, 11) is 1.67. The Bertz CT molecular complexity index is 412. The van der Waals surface area contributed by atoms with Crippen LogP contribution in [0.25, 0.3) is 0 Å². The third-order valence-corrected chi connectivity index (χ3v) is 3.04. The molecule has 1 saturated carbocycles. The molecule has 0 radical (unpaired) electrons. The number of hydrogen-bond acceptors (Lipinski definition) is 7. The van der Waals surface area contributed by atoms with Gasteiger partial charge in [-0.25, -0.2) is 15.8 Å². The Balaban J connectivity index is 1.73. The molecule has 1 aromatic rings. The zero-order valence-corrected chi connectivity index (χ0v) is 11.9. The molecule has 2 rings (SSSR count). The molecule has 0 bridgehead atoms. The summed E-state index contributed by atoms with van der Waals surface area (Å²) in [5.41, 5.74) is 2.59. The van der Waals surface area contributed by atoms with Crippen molar-refractivity contribution >= 4 is 11.6 Å². The number of nitrogen functional groups attached to an aromatic ring is 1. The van der Waals surface area contributed by atoms with Crippen molar-refractivity contribution in [2.45, 2.75) is 25.2 Å². The standard InChI is InChI=1S/C13H23N5O2/c1-19-7-8-20-6-2-5-15-11-9-12(18-14)17-13(16-11)10-3-4-10/h9-10H,2-8,14H2,1H3,(H2,15,16,17,18). The molecule has 0 saturated heterocycles. The number of aromatic nitrogens is 2. The highest BCUT2D eigenvalue weighted by molar-refractivity contribution is 5.47. The van der Waals surface area contributed by atoms with E-state index in [0.29, 0.717) is 31.6 Å². The lowest BCUT2D eigenvalue weighted by atomic mass is 10.3. The van der Waals surface area contributed by atoms with Crippen molar-refractivity contribution in [3.8, 4) is 0 Å². The van der Waals surface area contributed by atoms with Crippen LogP contribution in [0, 0.1) is 0 Å². The van der Waals surface area contributed by atoms with Gasteiger partial charge in [-0.2, -0.15) is 0 Å². The van der Waals surface area contributed by atoms with Gasteiger partial charge in [0.2, 0.25) is 0 Å². The van der Waals surface area contributed by atoms with Gasteiger partial charge in [-0.05, 0) is 19.3 Å². The van der Waals surface area contributed by atoms with Crippen LogP contribution in [0.5, 0.6) is 0 Å². The van der Waals surface area contributed by atoms with Gasteiger partial charge < -0.3 is 20.2 Å². The summed E-state index contributed by atoms with van der Waals surface area (Å²) in [6.45, 7) is 2.78. The number of nitrogens with one attached hydrogen (secondary N) is 2. The first-order valence-corrected chi connectivity index (χ1v) is 6.99. The van der Waals surface area contributed by atoms with Gasteiger partial charge in [0, 0.05) is 32.2 Å². The van der Waals surface area contributed by atoms with Crippen LogP contribution < -0.4 is 16.6 Å². The van der Waals surface area contributed by atoms with E-state index in [9.17, 15) is 0 Å². The molecule has 1 aliphatic carbocycles. The molecule has 1 heterocycles. The molecule has 1 aromatic heterocycles. The Morgan fingerprint density at radius 3 is 2.75 bits per heavy atom. The molecule has 4 N–H and O–H groups in total. The van der Waals surface area contributed by atoms with Crippen LogP contribution in [0.3, 0.4) is 0 Å². The van der Waals surface area contributed by atoms with Crippen molar-refractivity contribution in [2.24, 2.45) is 5.84 Å². The van der Waals surface area contributed by atoms with Crippen LogP contribution in [0.1, 0.15) is 31.0 Å². The molecule has 0 unspecified atom stereocenters. The Kier molecular flexibility index (Phi) is 5.97. The molecule has 1 aliphatic rings. The summed E-state index contributed by atoms with van der Waals surface area (Å²) in [5.74, 6) is 8.27. The predicted molar refractivity (Wildman–Crippen MR) is 77.6 cm³/mol. The number of hydrogen-bond donors (Lipinski definition) is 3. The molecule has 7 nitrogen and oxygen atoms in total. The number of nitrogens with zero attached hydrogens (tertiary/aromatic N) is 2. The van der Waals surface area contributed by atoms with E-state index in [0.717, 1.165) is 24.6 Å². The van der Waals surface area contributed by atoms with E-state index in [-0.39, 0.29) is 0 Å². The van der Waals surface area contributed by atoms with E-state index in [1.54, 1.807) is 7.11 Å². The minimum atomic E-state index is 0.501. The molecule has 20 heavy (non-hydrogen) atoms. The van der Waals surface area contributed by atoms with Crippen molar-refractivity contribution in [3.63, 3.8) is 0 Å². The molecule has 0 amide bonds. The number of nitrogens with two attached hydrogens (primary N) is 1. The second-order valence-electron chi connectivity index (χ2n) is 4.80. The van der Waals surface area contributed by atoms with Crippen LogP contribution >= 0.6 is 0 Å². The van der Waals surface area contributed by atoms with Gasteiger partial charge in [-0.1, -0.05) is 0 Å². The summed E-state index contributed by atoms with van der Waals surface area (Å²) in [6.07, 6.45) is 3.25. The summed E-state index contributed by atoms with van der Waals surface area (Å²) in [5, 5.41) is 3.28. The molecule has 1 fully saturated rings. The fourth-order valence-corrected chi connectivity index (χ4v) is 1.79. The minimum absolute atomic E-state index is 0.501. The summed E-state index contributed by atoms with van der Waals surface area (Å²) in [4.78, 5) is 8.88. The fraction of sp³-hybridized carbons (Fsp3) is 0.692. The van der Waals surface area contributed by atoms with Crippen molar-refractivity contribution < 1.29 is 9.47 Å². The topological polar surface area (TPSA) is 94.3 Å². The molecular formula is C13H23N5O2. The molecule has 0 aliphatic heterocycles. The smallest absolute Gasteiger partial charge is 0.145 e. The lowest BCUT2D eigenvalue weighted by molar-refractivity contribution is 0.0705. The van der Waals surface area contributed by atoms with E-state index < -0.39 is 0 Å². The van der Waals surface area contributed by atoms with Crippen molar-refractivity contribution in [1.29, 1.82) is 0 Å². The van der Waals surface area contributed by atoms with Crippen molar-refractivity contribution in [2.75, 3.05) is 44.2 Å². The number of methoxy groups -OCH3 is 1. The van der Waals surface area contributed by atoms with Gasteiger partial charge in [-0.15, -0.1) is 0 Å². The van der Waals surface area contributed by atoms with Gasteiger partial charge in [0.05, 0.1) is 13.2 Å². The molecule has 0 atom stereocenters. The average molecular weight is 281 g/mol. The largest absolute Gasteiger partial charge is 0.382 e. The Morgan fingerprint density at radius 1 is 1.25 bits per heavy atom. The highest BCUT2D eigenvalue weighted by Crippen LogP contribution is 2.38. The second kappa shape index (κ2) is 7.98. The van der Waals surface area contributed by atoms with E-state index in [1.807, 2.05) is 6.07 Å². The molecule has 0 aromatic carbocycles. The van der Waals surface area contributed by atoms with Crippen LogP contribution in [-0.2, 0) is 9.47 Å². The van der Waals surface area contributed by atoms with Gasteiger partial charge in [0.1, 0.15) is 17.5 Å². The number of hydrazine groups is 1. The van der Waals surface area contributed by atoms with Crippen LogP contribution in [0.15, 0.2) is 6.07 Å². The lowest BCUT2D eigenvalue weighted by Crippen LogP contribution is -2.13. The summed E-state index contributed by atoms with van der Waals surface area (Å²) < 4.78 is 10.3. The van der Waals surface area contributed by atoms with E-state index in [1.165, 1.54) is 12.8 Å². The molecular weight excluding hydrogens is 258 g/mol. The van der Waals surface area contributed by atoms with Crippen LogP contribution in [0.4, 0.5) is 11.6 Å². The third-order valence-electron chi connectivity index (χ3n) is 3.04. The maximum atomic E-state index is 5.43. The zero-order chi connectivity index (χ0) is 14.2. The first-order valence-electron chi connectivity index (χ1n) is 6.99. The average Bonchev–Trinajstić information content (AvgIpc) is 3.30. The highest BCUT2D eigenvalue weighted by atomic mass is 16.5. The third kappa shape index (κ3) is 4.92. The Labute approximate surface area is 119 Å². The van der Waals surface area contributed by atoms with Crippen molar-refractivity contribution in [1.82, 2.24) is 9.97 Å². The lowest BCUT2D eigenvalue weighted by Gasteiger charge is -2.09. The molecule has 0 spiro atoms. The summed E-state index contributed by atoms with van der Waals surface area (Å²) in [6, 6.07) is 1.82.